The summed E-state index contributed by atoms with van der Waals surface area (Å²) in [6, 6.07) is 5.14. The van der Waals surface area contributed by atoms with Gasteiger partial charge in [-0.2, -0.15) is 0 Å². The molecule has 1 rings (SSSR count). The first kappa shape index (κ1) is 18.9. The number of aliphatic imine (C=N–C) groups is 1. The van der Waals surface area contributed by atoms with Gasteiger partial charge in [0.2, 0.25) is 0 Å². The van der Waals surface area contributed by atoms with E-state index in [1.54, 1.807) is 11.0 Å². The van der Waals surface area contributed by atoms with Gasteiger partial charge in [-0.15, -0.1) is 24.0 Å². The highest BCUT2D eigenvalue weighted by atomic mass is 127. The van der Waals surface area contributed by atoms with E-state index >= 15 is 0 Å². The minimum Gasteiger partial charge on any atom is -0.375 e. The molecule has 0 fully saturated rings. The zero-order valence-electron chi connectivity index (χ0n) is 12.6. The number of halogens is 2. The van der Waals surface area contributed by atoms with Gasteiger partial charge in [-0.3, -0.25) is 0 Å². The molecule has 0 saturated heterocycles. The Morgan fingerprint density at radius 3 is 2.30 bits per heavy atom. The number of hydrogen-bond acceptors (Lipinski definition) is 2. The van der Waals surface area contributed by atoms with Gasteiger partial charge in [0, 0.05) is 27.2 Å². The van der Waals surface area contributed by atoms with Crippen molar-refractivity contribution < 1.29 is 4.39 Å². The third-order valence-electron chi connectivity index (χ3n) is 3.00. The van der Waals surface area contributed by atoms with E-state index in [4.69, 9.17) is 5.73 Å². The summed E-state index contributed by atoms with van der Waals surface area (Å²) in [6.07, 6.45) is 0. The van der Waals surface area contributed by atoms with Crippen molar-refractivity contribution in [1.29, 1.82) is 0 Å². The van der Waals surface area contributed by atoms with Crippen molar-refractivity contribution >= 4 is 35.6 Å². The minimum absolute atomic E-state index is 0. The molecule has 114 valence electrons. The summed E-state index contributed by atoms with van der Waals surface area (Å²) in [5.41, 5.74) is 7.27. The monoisotopic (exact) mass is 394 g/mol. The van der Waals surface area contributed by atoms with Crippen molar-refractivity contribution in [3.05, 3.63) is 29.6 Å². The lowest BCUT2D eigenvalue weighted by Crippen LogP contribution is -2.37. The SMILES string of the molecule is CCN(CC)C(N)=NCc1ccc(N(C)C)c(F)c1.I. The van der Waals surface area contributed by atoms with Crippen molar-refractivity contribution in [3.8, 4) is 0 Å². The fourth-order valence-corrected chi connectivity index (χ4v) is 1.83. The summed E-state index contributed by atoms with van der Waals surface area (Å²) in [6.45, 7) is 6.08. The van der Waals surface area contributed by atoms with Crippen molar-refractivity contribution in [3.63, 3.8) is 0 Å². The van der Waals surface area contributed by atoms with E-state index < -0.39 is 0 Å². The fraction of sp³-hybridized carbons (Fsp3) is 0.500. The predicted octanol–water partition coefficient (Wildman–Crippen LogP) is 2.67. The number of nitrogens with two attached hydrogens (primary N) is 1. The second kappa shape index (κ2) is 8.99. The van der Waals surface area contributed by atoms with Crippen LogP contribution < -0.4 is 10.6 Å². The summed E-state index contributed by atoms with van der Waals surface area (Å²) >= 11 is 0. The first-order valence-electron chi connectivity index (χ1n) is 6.50. The van der Waals surface area contributed by atoms with E-state index in [-0.39, 0.29) is 29.8 Å². The van der Waals surface area contributed by atoms with Gasteiger partial charge in [0.15, 0.2) is 5.96 Å². The Bertz CT molecular complexity index is 445. The Hall–Kier alpha value is -1.05. The molecule has 0 atom stereocenters. The maximum Gasteiger partial charge on any atom is 0.191 e. The summed E-state index contributed by atoms with van der Waals surface area (Å²) in [7, 11) is 3.63. The van der Waals surface area contributed by atoms with Gasteiger partial charge < -0.3 is 15.5 Å². The standard InChI is InChI=1S/C14H23FN4.HI/c1-5-19(6-2)14(16)17-10-11-7-8-13(18(3)4)12(15)9-11;/h7-9H,5-6,10H2,1-4H3,(H2,16,17);1H. The van der Waals surface area contributed by atoms with Gasteiger partial charge in [-0.1, -0.05) is 6.07 Å². The Balaban J connectivity index is 0.00000361. The zero-order valence-corrected chi connectivity index (χ0v) is 14.9. The minimum atomic E-state index is -0.237. The molecule has 2 N–H and O–H groups in total. The molecule has 0 amide bonds. The maximum atomic E-state index is 13.8. The first-order valence-corrected chi connectivity index (χ1v) is 6.50. The fourth-order valence-electron chi connectivity index (χ4n) is 1.83. The van der Waals surface area contributed by atoms with Crippen LogP contribution in [0.4, 0.5) is 10.1 Å². The van der Waals surface area contributed by atoms with E-state index in [9.17, 15) is 4.39 Å². The van der Waals surface area contributed by atoms with E-state index in [0.717, 1.165) is 18.7 Å². The van der Waals surface area contributed by atoms with Gasteiger partial charge in [0.1, 0.15) is 5.82 Å². The predicted molar refractivity (Wildman–Crippen MR) is 94.4 cm³/mol. The molecule has 4 nitrogen and oxygen atoms in total. The van der Waals surface area contributed by atoms with E-state index in [2.05, 4.69) is 4.99 Å². The quantitative estimate of drug-likeness (QED) is 0.475. The molecular weight excluding hydrogens is 370 g/mol. The summed E-state index contributed by atoms with van der Waals surface area (Å²) in [5, 5.41) is 0. The number of anilines is 1. The maximum absolute atomic E-state index is 13.8. The highest BCUT2D eigenvalue weighted by Crippen LogP contribution is 2.18. The molecule has 0 aromatic heterocycles. The molecule has 0 unspecified atom stereocenters. The first-order chi connectivity index (χ1) is 8.99. The molecular formula is C14H24FIN4. The highest BCUT2D eigenvalue weighted by Gasteiger charge is 2.06. The molecule has 1 aromatic carbocycles. The van der Waals surface area contributed by atoms with Gasteiger partial charge in [0.05, 0.1) is 12.2 Å². The summed E-state index contributed by atoms with van der Waals surface area (Å²) in [4.78, 5) is 8.00. The normalized spacial score (nSPS) is 10.9. The second-order valence-corrected chi connectivity index (χ2v) is 4.53. The largest absolute Gasteiger partial charge is 0.375 e. The lowest BCUT2D eigenvalue weighted by atomic mass is 10.2. The molecule has 6 heteroatoms. The molecule has 0 bridgehead atoms. The van der Waals surface area contributed by atoms with E-state index in [0.29, 0.717) is 18.2 Å². The van der Waals surface area contributed by atoms with Gasteiger partial charge in [-0.05, 0) is 31.5 Å². The van der Waals surface area contributed by atoms with E-state index in [1.165, 1.54) is 6.07 Å². The number of benzene rings is 1. The number of nitrogens with zero attached hydrogens (tertiary/aromatic N) is 3. The zero-order chi connectivity index (χ0) is 14.4. The third-order valence-corrected chi connectivity index (χ3v) is 3.00. The van der Waals surface area contributed by atoms with Crippen LogP contribution in [0.2, 0.25) is 0 Å². The lowest BCUT2D eigenvalue weighted by molar-refractivity contribution is 0.458. The third kappa shape index (κ3) is 5.15. The molecule has 0 aliphatic carbocycles. The molecule has 20 heavy (non-hydrogen) atoms. The van der Waals surface area contributed by atoms with Gasteiger partial charge in [-0.25, -0.2) is 9.38 Å². The van der Waals surface area contributed by atoms with Crippen molar-refractivity contribution in [1.82, 2.24) is 4.90 Å². The molecule has 0 heterocycles. The average Bonchev–Trinajstić information content (AvgIpc) is 2.37. The molecule has 0 aliphatic rings. The Morgan fingerprint density at radius 1 is 1.25 bits per heavy atom. The van der Waals surface area contributed by atoms with Crippen LogP contribution in [-0.4, -0.2) is 38.0 Å². The van der Waals surface area contributed by atoms with Crippen LogP contribution in [0.25, 0.3) is 0 Å². The van der Waals surface area contributed by atoms with Crippen molar-refractivity contribution in [2.75, 3.05) is 32.1 Å². The van der Waals surface area contributed by atoms with Crippen LogP contribution in [0.5, 0.6) is 0 Å². The topological polar surface area (TPSA) is 44.9 Å². The second-order valence-electron chi connectivity index (χ2n) is 4.53. The molecule has 0 radical (unpaired) electrons. The number of guanidine groups is 1. The van der Waals surface area contributed by atoms with Crippen LogP contribution in [0, 0.1) is 5.82 Å². The summed E-state index contributed by atoms with van der Waals surface area (Å²) < 4.78 is 13.8. The van der Waals surface area contributed by atoms with Crippen LogP contribution in [0.1, 0.15) is 19.4 Å². The van der Waals surface area contributed by atoms with Crippen molar-refractivity contribution in [2.24, 2.45) is 10.7 Å². The van der Waals surface area contributed by atoms with E-state index in [1.807, 2.05) is 38.9 Å². The average molecular weight is 394 g/mol. The Morgan fingerprint density at radius 2 is 1.85 bits per heavy atom. The number of hydrogen-bond donors (Lipinski definition) is 1. The molecule has 0 saturated carbocycles. The molecule has 0 aliphatic heterocycles. The highest BCUT2D eigenvalue weighted by molar-refractivity contribution is 14.0. The van der Waals surface area contributed by atoms with Gasteiger partial charge in [0.25, 0.3) is 0 Å². The summed E-state index contributed by atoms with van der Waals surface area (Å²) in [5.74, 6) is 0.265. The number of rotatable bonds is 5. The van der Waals surface area contributed by atoms with Crippen molar-refractivity contribution in [2.45, 2.75) is 20.4 Å². The smallest absolute Gasteiger partial charge is 0.191 e. The van der Waals surface area contributed by atoms with Crippen LogP contribution in [0.15, 0.2) is 23.2 Å². The lowest BCUT2D eigenvalue weighted by Gasteiger charge is -2.19. The Labute approximate surface area is 137 Å². The Kier molecular flexibility index (Phi) is 8.52. The molecule has 1 aromatic rings. The van der Waals surface area contributed by atoms with Crippen LogP contribution in [-0.2, 0) is 6.54 Å². The van der Waals surface area contributed by atoms with Crippen LogP contribution >= 0.6 is 24.0 Å². The van der Waals surface area contributed by atoms with Crippen LogP contribution in [0.3, 0.4) is 0 Å². The molecule has 0 spiro atoms. The van der Waals surface area contributed by atoms with Gasteiger partial charge >= 0.3 is 0 Å².